The highest BCUT2D eigenvalue weighted by Crippen LogP contribution is 2.20. The highest BCUT2D eigenvalue weighted by molar-refractivity contribution is 14.0. The van der Waals surface area contributed by atoms with E-state index in [0.29, 0.717) is 5.96 Å². The quantitative estimate of drug-likeness (QED) is 0.260. The number of carbonyl (C=O) groups is 1. The average molecular weight is 544 g/mol. The van der Waals surface area contributed by atoms with Gasteiger partial charge in [-0.1, -0.05) is 42.0 Å². The van der Waals surface area contributed by atoms with Crippen LogP contribution in [-0.2, 0) is 4.79 Å². The van der Waals surface area contributed by atoms with Gasteiger partial charge in [0.2, 0.25) is 5.91 Å². The largest absolute Gasteiger partial charge is 0.347 e. The average Bonchev–Trinajstić information content (AvgIpc) is 2.76. The molecular weight excluding hydrogens is 520 g/mol. The van der Waals surface area contributed by atoms with Crippen molar-refractivity contribution in [2.24, 2.45) is 4.99 Å². The second kappa shape index (κ2) is 11.7. The number of benzene rings is 2. The lowest BCUT2D eigenvalue weighted by molar-refractivity contribution is -0.115. The third-order valence-electron chi connectivity index (χ3n) is 4.80. The number of carbonyl (C=O) groups excluding carboxylic acids is 1. The van der Waals surface area contributed by atoms with Crippen LogP contribution in [-0.4, -0.2) is 43.4 Å². The molecule has 5 nitrogen and oxygen atoms in total. The van der Waals surface area contributed by atoms with E-state index in [4.69, 9.17) is 0 Å². The van der Waals surface area contributed by atoms with Crippen molar-refractivity contribution in [2.75, 3.05) is 32.0 Å². The minimum absolute atomic E-state index is 0. The van der Waals surface area contributed by atoms with Crippen LogP contribution in [0.15, 0.2) is 53.0 Å². The minimum atomic E-state index is -1.62. The van der Waals surface area contributed by atoms with Crippen LogP contribution >= 0.6 is 24.0 Å². The maximum atomic E-state index is 13.7. The molecule has 0 bridgehead atoms. The first-order valence-electron chi connectivity index (χ1n) is 9.61. The van der Waals surface area contributed by atoms with Crippen molar-refractivity contribution in [3.05, 3.63) is 71.1 Å². The Morgan fingerprint density at radius 3 is 2.39 bits per heavy atom. The molecule has 0 saturated carbocycles. The van der Waals surface area contributed by atoms with Gasteiger partial charge in [-0.05, 0) is 30.5 Å². The number of likely N-dealkylation sites (tertiary alicyclic amines) is 1. The molecule has 0 aliphatic carbocycles. The maximum absolute atomic E-state index is 13.7. The van der Waals surface area contributed by atoms with E-state index >= 15 is 0 Å². The molecule has 0 atom stereocenters. The Hall–Kier alpha value is -2.56. The second-order valence-electron chi connectivity index (χ2n) is 6.87. The molecule has 1 aliphatic rings. The lowest BCUT2D eigenvalue weighted by atomic mass is 10.0. The molecule has 1 saturated heterocycles. The Bertz CT molecular complexity index is 957. The summed E-state index contributed by atoms with van der Waals surface area (Å²) >= 11 is 0. The number of anilines is 1. The number of rotatable bonds is 4. The number of amides is 1. The number of halogens is 4. The highest BCUT2D eigenvalue weighted by Gasteiger charge is 2.19. The van der Waals surface area contributed by atoms with Gasteiger partial charge in [-0.25, -0.2) is 13.2 Å². The third-order valence-corrected chi connectivity index (χ3v) is 4.80. The van der Waals surface area contributed by atoms with Crippen molar-refractivity contribution < 1.29 is 18.0 Å². The van der Waals surface area contributed by atoms with Crippen LogP contribution in [0.3, 0.4) is 0 Å². The van der Waals surface area contributed by atoms with Crippen molar-refractivity contribution in [1.82, 2.24) is 10.2 Å². The summed E-state index contributed by atoms with van der Waals surface area (Å²) in [7, 11) is 1.62. The first-order chi connectivity index (χ1) is 14.5. The summed E-state index contributed by atoms with van der Waals surface area (Å²) in [5.74, 6) is -4.40. The fourth-order valence-electron chi connectivity index (χ4n) is 3.24. The van der Waals surface area contributed by atoms with Gasteiger partial charge < -0.3 is 15.5 Å². The molecule has 3 rings (SSSR count). The van der Waals surface area contributed by atoms with Crippen LogP contribution in [0, 0.1) is 17.5 Å². The zero-order valence-electron chi connectivity index (χ0n) is 17.0. The van der Waals surface area contributed by atoms with Crippen LogP contribution in [0.5, 0.6) is 0 Å². The summed E-state index contributed by atoms with van der Waals surface area (Å²) in [5.41, 5.74) is 2.10. The Labute approximate surface area is 196 Å². The summed E-state index contributed by atoms with van der Waals surface area (Å²) in [4.78, 5) is 18.3. The van der Waals surface area contributed by atoms with Crippen LogP contribution in [0.1, 0.15) is 18.4 Å². The molecule has 0 spiro atoms. The topological polar surface area (TPSA) is 56.7 Å². The summed E-state index contributed by atoms with van der Waals surface area (Å²) in [6, 6.07) is 11.9. The Kier molecular flexibility index (Phi) is 9.35. The molecule has 1 amide bonds. The van der Waals surface area contributed by atoms with E-state index in [1.165, 1.54) is 11.1 Å². The number of piperidine rings is 1. The molecule has 0 unspecified atom stereocenters. The van der Waals surface area contributed by atoms with Gasteiger partial charge in [-0.3, -0.25) is 9.79 Å². The van der Waals surface area contributed by atoms with Gasteiger partial charge in [0.15, 0.2) is 23.4 Å². The monoisotopic (exact) mass is 544 g/mol. The predicted molar refractivity (Wildman–Crippen MR) is 127 cm³/mol. The molecule has 2 N–H and O–H groups in total. The van der Waals surface area contributed by atoms with Gasteiger partial charge in [-0.15, -0.1) is 24.0 Å². The molecule has 1 heterocycles. The van der Waals surface area contributed by atoms with E-state index in [-0.39, 0.29) is 30.5 Å². The smallest absolute Gasteiger partial charge is 0.243 e. The maximum Gasteiger partial charge on any atom is 0.243 e. The molecule has 166 valence electrons. The van der Waals surface area contributed by atoms with E-state index in [1.807, 2.05) is 23.1 Å². The zero-order valence-corrected chi connectivity index (χ0v) is 19.3. The van der Waals surface area contributed by atoms with E-state index < -0.39 is 29.0 Å². The van der Waals surface area contributed by atoms with Gasteiger partial charge in [0.1, 0.15) is 0 Å². The van der Waals surface area contributed by atoms with Crippen LogP contribution in [0.4, 0.5) is 18.9 Å². The molecule has 2 aromatic carbocycles. The normalized spacial score (nSPS) is 14.0. The van der Waals surface area contributed by atoms with Crippen molar-refractivity contribution in [2.45, 2.75) is 12.8 Å². The molecule has 31 heavy (non-hydrogen) atoms. The highest BCUT2D eigenvalue weighted by atomic mass is 127. The number of hydrogen-bond donors (Lipinski definition) is 2. The van der Waals surface area contributed by atoms with Gasteiger partial charge in [-0.2, -0.15) is 0 Å². The molecule has 0 radical (unpaired) electrons. The zero-order chi connectivity index (χ0) is 21.5. The molecule has 1 aliphatic heterocycles. The summed E-state index contributed by atoms with van der Waals surface area (Å²) in [5, 5.41) is 5.15. The number of nitrogens with zero attached hydrogens (tertiary/aromatic N) is 2. The first-order valence-corrected chi connectivity index (χ1v) is 9.61. The summed E-state index contributed by atoms with van der Waals surface area (Å²) in [6.45, 7) is 1.31. The SMILES string of the molecule is CN=C(NCC(=O)Nc1ccc(F)c(F)c1F)N1CCC(=Cc2ccccc2)CC1.I. The van der Waals surface area contributed by atoms with Crippen LogP contribution in [0.2, 0.25) is 0 Å². The Morgan fingerprint density at radius 1 is 1.06 bits per heavy atom. The van der Waals surface area contributed by atoms with E-state index in [9.17, 15) is 18.0 Å². The standard InChI is InChI=1S/C22H23F3N4O.HI/c1-26-22(27-14-19(30)28-18-8-7-17(23)20(24)21(18)25)29-11-9-16(10-12-29)13-15-5-3-2-4-6-15;/h2-8,13H,9-12,14H2,1H3,(H,26,27)(H,28,30);1H. The summed E-state index contributed by atoms with van der Waals surface area (Å²) in [6.07, 6.45) is 3.95. The fourth-order valence-corrected chi connectivity index (χ4v) is 3.24. The van der Waals surface area contributed by atoms with Crippen molar-refractivity contribution >= 4 is 47.6 Å². The molecule has 0 aromatic heterocycles. The van der Waals surface area contributed by atoms with Crippen molar-refractivity contribution in [1.29, 1.82) is 0 Å². The third kappa shape index (κ3) is 6.71. The van der Waals surface area contributed by atoms with Crippen LogP contribution < -0.4 is 10.6 Å². The van der Waals surface area contributed by atoms with Gasteiger partial charge in [0, 0.05) is 20.1 Å². The number of hydrogen-bond acceptors (Lipinski definition) is 2. The number of guanidine groups is 1. The molecule has 1 fully saturated rings. The first kappa shape index (κ1) is 24.7. The van der Waals surface area contributed by atoms with Gasteiger partial charge in [0.25, 0.3) is 0 Å². The second-order valence-corrected chi connectivity index (χ2v) is 6.87. The summed E-state index contributed by atoms with van der Waals surface area (Å²) < 4.78 is 39.9. The number of nitrogens with one attached hydrogen (secondary N) is 2. The predicted octanol–water partition coefficient (Wildman–Crippen LogP) is 4.42. The lowest BCUT2D eigenvalue weighted by Gasteiger charge is -2.31. The molecule has 2 aromatic rings. The van der Waals surface area contributed by atoms with Crippen LogP contribution in [0.25, 0.3) is 6.08 Å². The lowest BCUT2D eigenvalue weighted by Crippen LogP contribution is -2.46. The van der Waals surface area contributed by atoms with E-state index in [0.717, 1.165) is 38.1 Å². The van der Waals surface area contributed by atoms with E-state index in [2.05, 4.69) is 33.8 Å². The fraction of sp³-hybridized carbons (Fsp3) is 0.273. The van der Waals surface area contributed by atoms with Crippen molar-refractivity contribution in [3.8, 4) is 0 Å². The number of aliphatic imine (C=N–C) groups is 1. The van der Waals surface area contributed by atoms with E-state index in [1.54, 1.807) is 7.05 Å². The van der Waals surface area contributed by atoms with Gasteiger partial charge in [0.05, 0.1) is 12.2 Å². The van der Waals surface area contributed by atoms with Gasteiger partial charge >= 0.3 is 0 Å². The Balaban J connectivity index is 0.00000341. The van der Waals surface area contributed by atoms with Crippen molar-refractivity contribution in [3.63, 3.8) is 0 Å². The molecule has 9 heteroatoms. The molecular formula is C22H24F3IN4O. The Morgan fingerprint density at radius 2 is 1.74 bits per heavy atom. The minimum Gasteiger partial charge on any atom is -0.347 e.